The van der Waals surface area contributed by atoms with Gasteiger partial charge in [0.25, 0.3) is 5.56 Å². The molecule has 3 atom stereocenters. The number of fused-ring (bicyclic) bond motifs is 2. The van der Waals surface area contributed by atoms with Crippen LogP contribution in [0.3, 0.4) is 0 Å². The number of aromatic nitrogens is 1. The Kier molecular flexibility index (Phi) is 3.25. The standard InChI is InChI=1S/C14H17BrN2O2/c1-17-7-11(15)12(6-13(17)18)16-14(19)10-5-8-2-3-9(10)4-8/h6-10H,2-5H2,1H3,(H,16,19). The summed E-state index contributed by atoms with van der Waals surface area (Å²) in [7, 11) is 1.69. The van der Waals surface area contributed by atoms with Crippen LogP contribution in [0.1, 0.15) is 25.7 Å². The summed E-state index contributed by atoms with van der Waals surface area (Å²) < 4.78 is 2.23. The summed E-state index contributed by atoms with van der Waals surface area (Å²) in [6.45, 7) is 0. The topological polar surface area (TPSA) is 51.1 Å². The van der Waals surface area contributed by atoms with Gasteiger partial charge in [0.15, 0.2) is 0 Å². The van der Waals surface area contributed by atoms with Crippen LogP contribution in [0, 0.1) is 17.8 Å². The van der Waals surface area contributed by atoms with Gasteiger partial charge in [-0.2, -0.15) is 0 Å². The van der Waals surface area contributed by atoms with E-state index in [1.165, 1.54) is 29.9 Å². The zero-order valence-corrected chi connectivity index (χ0v) is 12.4. The first-order valence-electron chi connectivity index (χ1n) is 6.71. The van der Waals surface area contributed by atoms with Crippen LogP contribution in [0.4, 0.5) is 5.69 Å². The first kappa shape index (κ1) is 12.9. The van der Waals surface area contributed by atoms with E-state index in [0.29, 0.717) is 11.6 Å². The molecule has 3 rings (SSSR count). The van der Waals surface area contributed by atoms with Crippen LogP contribution in [-0.4, -0.2) is 10.5 Å². The highest BCUT2D eigenvalue weighted by atomic mass is 79.9. The number of pyridine rings is 1. The molecule has 1 aromatic heterocycles. The van der Waals surface area contributed by atoms with E-state index in [4.69, 9.17) is 0 Å². The molecule has 0 saturated heterocycles. The minimum absolute atomic E-state index is 0.0705. The molecule has 5 heteroatoms. The summed E-state index contributed by atoms with van der Waals surface area (Å²) in [6.07, 6.45) is 6.36. The highest BCUT2D eigenvalue weighted by molar-refractivity contribution is 9.10. The van der Waals surface area contributed by atoms with E-state index in [2.05, 4.69) is 21.2 Å². The third-order valence-electron chi connectivity index (χ3n) is 4.51. The minimum atomic E-state index is -0.119. The van der Waals surface area contributed by atoms with Crippen molar-refractivity contribution >= 4 is 27.5 Å². The maximum atomic E-state index is 12.3. The zero-order chi connectivity index (χ0) is 13.6. The summed E-state index contributed by atoms with van der Waals surface area (Å²) in [5.41, 5.74) is 0.460. The molecule has 1 N–H and O–H groups in total. The number of carbonyl (C=O) groups excluding carboxylic acids is 1. The molecule has 102 valence electrons. The molecule has 0 spiro atoms. The predicted octanol–water partition coefficient (Wildman–Crippen LogP) is 2.52. The molecule has 2 fully saturated rings. The van der Waals surface area contributed by atoms with Gasteiger partial charge >= 0.3 is 0 Å². The summed E-state index contributed by atoms with van der Waals surface area (Å²) in [4.78, 5) is 23.9. The second-order valence-corrected chi connectivity index (χ2v) is 6.61. The number of nitrogens with zero attached hydrogens (tertiary/aromatic N) is 1. The summed E-state index contributed by atoms with van der Waals surface area (Å²) in [5, 5.41) is 2.91. The van der Waals surface area contributed by atoms with Crippen molar-refractivity contribution in [3.63, 3.8) is 0 Å². The van der Waals surface area contributed by atoms with Gasteiger partial charge < -0.3 is 9.88 Å². The molecule has 2 saturated carbocycles. The van der Waals surface area contributed by atoms with Crippen molar-refractivity contribution in [1.82, 2.24) is 4.57 Å². The Labute approximate surface area is 120 Å². The number of nitrogens with one attached hydrogen (secondary N) is 1. The van der Waals surface area contributed by atoms with Gasteiger partial charge in [-0.1, -0.05) is 6.42 Å². The van der Waals surface area contributed by atoms with Gasteiger partial charge in [-0.05, 0) is 47.0 Å². The van der Waals surface area contributed by atoms with E-state index in [1.54, 1.807) is 13.2 Å². The third-order valence-corrected chi connectivity index (χ3v) is 5.14. The van der Waals surface area contributed by atoms with Gasteiger partial charge in [0.2, 0.25) is 5.91 Å². The van der Waals surface area contributed by atoms with Crippen LogP contribution in [0.15, 0.2) is 21.5 Å². The van der Waals surface area contributed by atoms with Gasteiger partial charge in [0, 0.05) is 25.2 Å². The Bertz CT molecular complexity index is 581. The number of aryl methyl sites for hydroxylation is 1. The van der Waals surface area contributed by atoms with Gasteiger partial charge in [-0.15, -0.1) is 0 Å². The Balaban J connectivity index is 1.76. The Morgan fingerprint density at radius 1 is 1.42 bits per heavy atom. The van der Waals surface area contributed by atoms with Crippen LogP contribution in [0.2, 0.25) is 0 Å². The van der Waals surface area contributed by atoms with Crippen molar-refractivity contribution in [2.24, 2.45) is 24.8 Å². The quantitative estimate of drug-likeness (QED) is 0.908. The first-order chi connectivity index (χ1) is 9.04. The smallest absolute Gasteiger partial charge is 0.252 e. The van der Waals surface area contributed by atoms with Gasteiger partial charge in [0.1, 0.15) is 0 Å². The molecule has 2 aliphatic rings. The van der Waals surface area contributed by atoms with Crippen LogP contribution in [0.25, 0.3) is 0 Å². The van der Waals surface area contributed by atoms with Gasteiger partial charge in [-0.25, -0.2) is 0 Å². The molecule has 0 radical (unpaired) electrons. The average molecular weight is 325 g/mol. The Morgan fingerprint density at radius 3 is 2.84 bits per heavy atom. The number of halogens is 1. The maximum Gasteiger partial charge on any atom is 0.252 e. The highest BCUT2D eigenvalue weighted by Gasteiger charge is 2.43. The van der Waals surface area contributed by atoms with Crippen LogP contribution < -0.4 is 10.9 Å². The number of anilines is 1. The van der Waals surface area contributed by atoms with Crippen molar-refractivity contribution in [3.8, 4) is 0 Å². The lowest BCUT2D eigenvalue weighted by Gasteiger charge is -2.21. The van der Waals surface area contributed by atoms with Gasteiger partial charge in [-0.3, -0.25) is 9.59 Å². The molecular weight excluding hydrogens is 308 g/mol. The predicted molar refractivity (Wildman–Crippen MR) is 77.0 cm³/mol. The van der Waals surface area contributed by atoms with E-state index < -0.39 is 0 Å². The molecular formula is C14H17BrN2O2. The molecule has 1 heterocycles. The van der Waals surface area contributed by atoms with Crippen LogP contribution in [-0.2, 0) is 11.8 Å². The second-order valence-electron chi connectivity index (χ2n) is 5.75. The number of rotatable bonds is 2. The van der Waals surface area contributed by atoms with Crippen molar-refractivity contribution in [2.75, 3.05) is 5.32 Å². The monoisotopic (exact) mass is 324 g/mol. The summed E-state index contributed by atoms with van der Waals surface area (Å²) >= 11 is 3.38. The number of amides is 1. The van der Waals surface area contributed by atoms with Crippen molar-refractivity contribution in [3.05, 3.63) is 27.1 Å². The van der Waals surface area contributed by atoms with Crippen molar-refractivity contribution < 1.29 is 4.79 Å². The van der Waals surface area contributed by atoms with E-state index in [0.717, 1.165) is 16.8 Å². The lowest BCUT2D eigenvalue weighted by molar-refractivity contribution is -0.121. The molecule has 0 aliphatic heterocycles. The molecule has 19 heavy (non-hydrogen) atoms. The fourth-order valence-electron chi connectivity index (χ4n) is 3.48. The molecule has 0 aromatic carbocycles. The third kappa shape index (κ3) is 2.36. The van der Waals surface area contributed by atoms with Crippen molar-refractivity contribution in [2.45, 2.75) is 25.7 Å². The lowest BCUT2D eigenvalue weighted by Crippen LogP contribution is -2.28. The summed E-state index contributed by atoms with van der Waals surface area (Å²) in [6, 6.07) is 1.47. The Morgan fingerprint density at radius 2 is 2.21 bits per heavy atom. The second kappa shape index (κ2) is 4.78. The van der Waals surface area contributed by atoms with Crippen molar-refractivity contribution in [1.29, 1.82) is 0 Å². The fraction of sp³-hybridized carbons (Fsp3) is 0.571. The van der Waals surface area contributed by atoms with Crippen LogP contribution >= 0.6 is 15.9 Å². The Hall–Kier alpha value is -1.10. The van der Waals surface area contributed by atoms with Gasteiger partial charge in [0.05, 0.1) is 10.2 Å². The molecule has 2 bridgehead atoms. The molecule has 1 amide bonds. The normalized spacial score (nSPS) is 28.6. The zero-order valence-electron chi connectivity index (χ0n) is 10.9. The highest BCUT2D eigenvalue weighted by Crippen LogP contribution is 2.48. The molecule has 2 aliphatic carbocycles. The van der Waals surface area contributed by atoms with E-state index in [1.807, 2.05) is 0 Å². The van der Waals surface area contributed by atoms with E-state index in [9.17, 15) is 9.59 Å². The minimum Gasteiger partial charge on any atom is -0.325 e. The number of carbonyl (C=O) groups is 1. The molecule has 4 nitrogen and oxygen atoms in total. The number of hydrogen-bond acceptors (Lipinski definition) is 2. The number of hydrogen-bond donors (Lipinski definition) is 1. The first-order valence-corrected chi connectivity index (χ1v) is 7.51. The van der Waals surface area contributed by atoms with Crippen LogP contribution in [0.5, 0.6) is 0 Å². The van der Waals surface area contributed by atoms with E-state index >= 15 is 0 Å². The van der Waals surface area contributed by atoms with E-state index in [-0.39, 0.29) is 17.4 Å². The largest absolute Gasteiger partial charge is 0.325 e. The molecule has 3 unspecified atom stereocenters. The average Bonchev–Trinajstić information content (AvgIpc) is 2.98. The summed E-state index contributed by atoms with van der Waals surface area (Å²) in [5.74, 6) is 1.50. The lowest BCUT2D eigenvalue weighted by atomic mass is 9.88. The molecule has 1 aromatic rings. The maximum absolute atomic E-state index is 12.3. The fourth-order valence-corrected chi connectivity index (χ4v) is 4.01. The SMILES string of the molecule is Cn1cc(Br)c(NC(=O)C2CC3CCC2C3)cc1=O.